The Balaban J connectivity index is 1.46. The van der Waals surface area contributed by atoms with Crippen LogP contribution in [0.1, 0.15) is 106 Å². The van der Waals surface area contributed by atoms with E-state index in [1.54, 1.807) is 64.0 Å². The summed E-state index contributed by atoms with van der Waals surface area (Å²) in [6.07, 6.45) is -0.365. The van der Waals surface area contributed by atoms with Crippen LogP contribution in [-0.4, -0.2) is 94.7 Å². The van der Waals surface area contributed by atoms with Gasteiger partial charge in [-0.05, 0) is 67.3 Å². The molecule has 1 heterocycles. The summed E-state index contributed by atoms with van der Waals surface area (Å²) in [5.41, 5.74) is -0.999. The lowest BCUT2D eigenvalue weighted by molar-refractivity contribution is -0.144. The Kier molecular flexibility index (Phi) is 12.3. The Morgan fingerprint density at radius 2 is 1.58 bits per heavy atom. The van der Waals surface area contributed by atoms with Gasteiger partial charge in [0.05, 0.1) is 6.04 Å². The average molecular weight is 725 g/mol. The molecule has 288 valence electrons. The summed E-state index contributed by atoms with van der Waals surface area (Å²) in [4.78, 5) is 83.6. The van der Waals surface area contributed by atoms with Crippen molar-refractivity contribution in [3.05, 3.63) is 35.9 Å². The van der Waals surface area contributed by atoms with Gasteiger partial charge < -0.3 is 30.3 Å². The molecular formula is C40H60N4O8. The van der Waals surface area contributed by atoms with Gasteiger partial charge in [0, 0.05) is 39.9 Å². The number of alkyl carbamates (subject to hydrolysis) is 1. The van der Waals surface area contributed by atoms with Crippen molar-refractivity contribution in [1.82, 2.24) is 20.4 Å². The third-order valence-corrected chi connectivity index (χ3v) is 10.9. The summed E-state index contributed by atoms with van der Waals surface area (Å²) >= 11 is 0. The molecule has 0 aromatic heterocycles. The molecular weight excluding hydrogens is 664 g/mol. The Morgan fingerprint density at radius 1 is 0.962 bits per heavy atom. The van der Waals surface area contributed by atoms with Crippen LogP contribution in [-0.2, 0) is 28.7 Å². The van der Waals surface area contributed by atoms with Gasteiger partial charge in [-0.2, -0.15) is 0 Å². The fourth-order valence-electron chi connectivity index (χ4n) is 7.68. The molecule has 4 rings (SSSR count). The van der Waals surface area contributed by atoms with Crippen molar-refractivity contribution in [2.75, 3.05) is 20.6 Å². The number of aliphatic hydroxyl groups is 1. The molecule has 0 radical (unpaired) electrons. The van der Waals surface area contributed by atoms with E-state index in [-0.39, 0.29) is 54.1 Å². The minimum Gasteiger partial charge on any atom is -0.444 e. The molecule has 1 saturated heterocycles. The normalized spacial score (nSPS) is 23.0. The van der Waals surface area contributed by atoms with Crippen LogP contribution >= 0.6 is 0 Å². The van der Waals surface area contributed by atoms with E-state index in [9.17, 15) is 33.9 Å². The molecule has 4 unspecified atom stereocenters. The van der Waals surface area contributed by atoms with Crippen LogP contribution in [0, 0.1) is 34.5 Å². The molecule has 2 saturated carbocycles. The molecule has 7 atom stereocenters. The minimum atomic E-state index is -1.46. The van der Waals surface area contributed by atoms with Gasteiger partial charge in [0.2, 0.25) is 17.7 Å². The third-order valence-electron chi connectivity index (χ3n) is 10.9. The lowest BCUT2D eigenvalue weighted by atomic mass is 9.83. The van der Waals surface area contributed by atoms with E-state index in [2.05, 4.69) is 24.5 Å². The van der Waals surface area contributed by atoms with Crippen molar-refractivity contribution in [2.45, 2.75) is 124 Å². The van der Waals surface area contributed by atoms with Crippen molar-refractivity contribution in [2.24, 2.45) is 34.5 Å². The number of carbonyl (C=O) groups is 6. The number of nitrogens with one attached hydrogen (secondary N) is 2. The van der Waals surface area contributed by atoms with E-state index >= 15 is 0 Å². The fraction of sp³-hybridized carbons (Fsp3) is 0.700. The van der Waals surface area contributed by atoms with Crippen molar-refractivity contribution in [3.63, 3.8) is 0 Å². The molecule has 2 aliphatic carbocycles. The minimum absolute atomic E-state index is 0.0772. The molecule has 12 heteroatoms. The highest BCUT2D eigenvalue weighted by Crippen LogP contribution is 2.65. The van der Waals surface area contributed by atoms with Crippen molar-refractivity contribution < 1.29 is 38.6 Å². The molecule has 4 amide bonds. The van der Waals surface area contributed by atoms with Gasteiger partial charge in [-0.3, -0.25) is 24.0 Å². The standard InChI is InChI=1S/C40H60N4O8/c1-38(2,3)34(42-37(51)52-39(4,5)6)36(50)44-22-26-30(40(26,7)8)32(44)28(46)21-25(20-23-16-17-23)33(48)27(45)18-19-29(47)41-31(35(49)43(9)10)24-14-12-11-13-15-24/h11-15,23,25-26,30-34,48H,16-22H2,1-10H3,(H,41,47)(H,42,51)/t25?,26?,30-,31-,32?,33?,34+/m0/s1. The van der Waals surface area contributed by atoms with Gasteiger partial charge in [0.15, 0.2) is 11.6 Å². The number of likely N-dealkylation sites (tertiary alicyclic amines) is 1. The number of hydrogen-bond donors (Lipinski definition) is 3. The van der Waals surface area contributed by atoms with E-state index in [1.165, 1.54) is 4.90 Å². The first-order valence-corrected chi connectivity index (χ1v) is 18.6. The first-order chi connectivity index (χ1) is 24.0. The largest absolute Gasteiger partial charge is 0.444 e. The predicted octanol–water partition coefficient (Wildman–Crippen LogP) is 4.44. The molecule has 1 aromatic carbocycles. The first kappa shape index (κ1) is 41.0. The smallest absolute Gasteiger partial charge is 0.408 e. The van der Waals surface area contributed by atoms with Gasteiger partial charge in [0.25, 0.3) is 0 Å². The summed E-state index contributed by atoms with van der Waals surface area (Å²) in [5.74, 6) is -2.27. The highest BCUT2D eigenvalue weighted by molar-refractivity contribution is 5.95. The monoisotopic (exact) mass is 724 g/mol. The fourth-order valence-corrected chi connectivity index (χ4v) is 7.68. The lowest BCUT2D eigenvalue weighted by Gasteiger charge is -2.38. The number of ether oxygens (including phenoxy) is 1. The van der Waals surface area contributed by atoms with Crippen LogP contribution in [0.2, 0.25) is 0 Å². The number of aliphatic hydroxyl groups excluding tert-OH is 1. The van der Waals surface area contributed by atoms with Crippen LogP contribution in [0.25, 0.3) is 0 Å². The van der Waals surface area contributed by atoms with Gasteiger partial charge >= 0.3 is 6.09 Å². The molecule has 3 aliphatic rings. The van der Waals surface area contributed by atoms with Gasteiger partial charge in [-0.25, -0.2) is 4.79 Å². The second-order valence-corrected chi connectivity index (χ2v) is 18.0. The van der Waals surface area contributed by atoms with Gasteiger partial charge in [-0.1, -0.05) is 77.8 Å². The van der Waals surface area contributed by atoms with Gasteiger partial charge in [0.1, 0.15) is 23.8 Å². The number of carbonyl (C=O) groups excluding carboxylic acids is 6. The summed E-state index contributed by atoms with van der Waals surface area (Å²) in [6, 6.07) is 6.21. The molecule has 1 aromatic rings. The second kappa shape index (κ2) is 15.7. The Bertz CT molecular complexity index is 1510. The number of ketones is 2. The van der Waals surface area contributed by atoms with Crippen LogP contribution in [0.4, 0.5) is 4.79 Å². The van der Waals surface area contributed by atoms with Gasteiger partial charge in [-0.15, -0.1) is 0 Å². The number of likely N-dealkylation sites (N-methyl/N-ethyl adjacent to an activating group) is 1. The van der Waals surface area contributed by atoms with Crippen molar-refractivity contribution >= 4 is 35.4 Å². The van der Waals surface area contributed by atoms with Crippen LogP contribution in [0.3, 0.4) is 0 Å². The average Bonchev–Trinajstić information content (AvgIpc) is 3.90. The lowest BCUT2D eigenvalue weighted by Crippen LogP contribution is -2.58. The zero-order valence-electron chi connectivity index (χ0n) is 32.7. The zero-order valence-corrected chi connectivity index (χ0v) is 32.7. The van der Waals surface area contributed by atoms with E-state index in [1.807, 2.05) is 26.8 Å². The number of Topliss-reactive ketones (excluding diaryl/α,β-unsaturated/α-hetero) is 2. The first-order valence-electron chi connectivity index (χ1n) is 18.6. The van der Waals surface area contributed by atoms with E-state index < -0.39 is 58.9 Å². The number of piperidine rings is 1. The SMILES string of the molecule is CN(C)C(=O)[C@@H](NC(=O)CCC(=O)C(O)C(CC(=O)C1[C@@H]2C(CN1C(=O)[C@@H](NC(=O)OC(C)(C)C)C(C)(C)C)C2(C)C)CC1CC1)c1ccccc1. The maximum atomic E-state index is 14.3. The molecule has 3 N–H and O–H groups in total. The number of rotatable bonds is 15. The number of hydrogen-bond acceptors (Lipinski definition) is 8. The van der Waals surface area contributed by atoms with Crippen LogP contribution in [0.5, 0.6) is 0 Å². The van der Waals surface area contributed by atoms with Crippen LogP contribution in [0.15, 0.2) is 30.3 Å². The summed E-state index contributed by atoms with van der Waals surface area (Å²) in [7, 11) is 3.20. The maximum absolute atomic E-state index is 14.3. The number of fused-ring (bicyclic) bond motifs is 1. The van der Waals surface area contributed by atoms with E-state index in [0.717, 1.165) is 12.8 Å². The molecule has 0 bridgehead atoms. The summed E-state index contributed by atoms with van der Waals surface area (Å²) in [6.45, 7) is 15.3. The second-order valence-electron chi connectivity index (χ2n) is 18.0. The van der Waals surface area contributed by atoms with E-state index in [4.69, 9.17) is 4.74 Å². The predicted molar refractivity (Wildman–Crippen MR) is 196 cm³/mol. The Hall–Kier alpha value is -3.80. The Labute approximate surface area is 308 Å². The summed E-state index contributed by atoms with van der Waals surface area (Å²) in [5, 5.41) is 16.9. The Morgan fingerprint density at radius 3 is 2.12 bits per heavy atom. The number of nitrogens with zero attached hydrogens (tertiary/aromatic N) is 2. The maximum Gasteiger partial charge on any atom is 0.408 e. The number of benzene rings is 1. The topological polar surface area (TPSA) is 162 Å². The van der Waals surface area contributed by atoms with Crippen LogP contribution < -0.4 is 10.6 Å². The van der Waals surface area contributed by atoms with Crippen molar-refractivity contribution in [3.8, 4) is 0 Å². The highest BCUT2D eigenvalue weighted by atomic mass is 16.6. The molecule has 1 aliphatic heterocycles. The number of amides is 4. The molecule has 0 spiro atoms. The summed E-state index contributed by atoms with van der Waals surface area (Å²) < 4.78 is 5.46. The molecule has 3 fully saturated rings. The highest BCUT2D eigenvalue weighted by Gasteiger charge is 2.69. The quantitative estimate of drug-likeness (QED) is 0.239. The zero-order chi connectivity index (χ0) is 38.9. The third kappa shape index (κ3) is 9.99. The van der Waals surface area contributed by atoms with E-state index in [0.29, 0.717) is 24.4 Å². The molecule has 12 nitrogen and oxygen atoms in total. The molecule has 52 heavy (non-hydrogen) atoms. The van der Waals surface area contributed by atoms with Crippen molar-refractivity contribution in [1.29, 1.82) is 0 Å².